The number of carbonyl (C=O) groups is 1. The number of aromatic nitrogens is 2. The molecule has 1 fully saturated rings. The normalized spacial score (nSPS) is 17.1. The Morgan fingerprint density at radius 3 is 2.67 bits per heavy atom. The number of anilines is 1. The molecular weight excluding hydrogens is 362 g/mol. The molecule has 0 radical (unpaired) electrons. The highest BCUT2D eigenvalue weighted by Crippen LogP contribution is 2.28. The predicted octanol–water partition coefficient (Wildman–Crippen LogP) is 3.35. The summed E-state index contributed by atoms with van der Waals surface area (Å²) in [6.45, 7) is 13.9. The average Bonchev–Trinajstić information content (AvgIpc) is 2.96. The minimum atomic E-state index is -0.449. The number of nitrogens with one attached hydrogen (secondary N) is 1. The lowest BCUT2D eigenvalue weighted by atomic mass is 10.2. The Kier molecular flexibility index (Phi) is 5.86. The molecule has 0 bridgehead atoms. The van der Waals surface area contributed by atoms with Gasteiger partial charge in [0.2, 0.25) is 0 Å². The topological polar surface area (TPSA) is 70.6 Å². The lowest BCUT2D eigenvalue weighted by molar-refractivity contribution is 0.0144. The monoisotopic (exact) mass is 391 g/mol. The molecule has 3 rings (SSSR count). The maximum atomic E-state index is 12.2. The van der Waals surface area contributed by atoms with E-state index in [1.807, 2.05) is 20.8 Å². The Labute approximate surface area is 164 Å². The first-order chi connectivity index (χ1) is 12.7. The maximum absolute atomic E-state index is 12.2. The van der Waals surface area contributed by atoms with Crippen molar-refractivity contribution in [2.75, 3.05) is 38.0 Å². The van der Waals surface area contributed by atoms with Gasteiger partial charge in [0.05, 0.1) is 10.2 Å². The summed E-state index contributed by atoms with van der Waals surface area (Å²) >= 11 is 1.68. The Morgan fingerprint density at radius 2 is 2.00 bits per heavy atom. The highest BCUT2D eigenvalue weighted by atomic mass is 32.1. The maximum Gasteiger partial charge on any atom is 0.410 e. The van der Waals surface area contributed by atoms with Crippen LogP contribution in [0.15, 0.2) is 11.7 Å². The van der Waals surface area contributed by atoms with Crippen LogP contribution in [-0.2, 0) is 4.74 Å². The zero-order valence-electron chi connectivity index (χ0n) is 16.8. The van der Waals surface area contributed by atoms with E-state index in [1.165, 1.54) is 5.56 Å². The first-order valence-corrected chi connectivity index (χ1v) is 10.3. The van der Waals surface area contributed by atoms with Crippen molar-refractivity contribution in [2.45, 2.75) is 46.3 Å². The lowest BCUT2D eigenvalue weighted by Crippen LogP contribution is -2.51. The molecule has 2 aromatic rings. The Morgan fingerprint density at radius 1 is 1.30 bits per heavy atom. The molecule has 1 aliphatic heterocycles. The van der Waals surface area contributed by atoms with Gasteiger partial charge in [-0.05, 0) is 45.6 Å². The molecule has 27 heavy (non-hydrogen) atoms. The summed E-state index contributed by atoms with van der Waals surface area (Å²) in [6, 6.07) is 0.249. The van der Waals surface area contributed by atoms with Crippen molar-refractivity contribution in [3.8, 4) is 0 Å². The van der Waals surface area contributed by atoms with E-state index in [-0.39, 0.29) is 12.1 Å². The summed E-state index contributed by atoms with van der Waals surface area (Å²) in [5.74, 6) is 0.901. The number of nitrogens with zero attached hydrogens (tertiary/aromatic N) is 4. The van der Waals surface area contributed by atoms with Crippen molar-refractivity contribution < 1.29 is 9.53 Å². The molecule has 1 aliphatic rings. The molecular formula is C19H29N5O2S. The van der Waals surface area contributed by atoms with Crippen LogP contribution < -0.4 is 5.32 Å². The summed E-state index contributed by atoms with van der Waals surface area (Å²) in [6.07, 6.45) is 1.40. The number of hydrogen-bond acceptors (Lipinski definition) is 7. The van der Waals surface area contributed by atoms with Crippen molar-refractivity contribution in [3.05, 3.63) is 17.3 Å². The largest absolute Gasteiger partial charge is 0.444 e. The van der Waals surface area contributed by atoms with Crippen LogP contribution in [0, 0.1) is 6.92 Å². The molecule has 1 atom stereocenters. The number of ether oxygens (including phenoxy) is 1. The van der Waals surface area contributed by atoms with Crippen molar-refractivity contribution in [1.82, 2.24) is 19.8 Å². The summed E-state index contributed by atoms with van der Waals surface area (Å²) in [7, 11) is 0. The highest BCUT2D eigenvalue weighted by molar-refractivity contribution is 7.18. The Hall–Kier alpha value is -1.93. The number of rotatable bonds is 4. The van der Waals surface area contributed by atoms with Gasteiger partial charge in [-0.25, -0.2) is 14.8 Å². The second-order valence-electron chi connectivity index (χ2n) is 8.13. The third kappa shape index (κ3) is 5.07. The number of carbonyl (C=O) groups excluding carboxylic acids is 1. The van der Waals surface area contributed by atoms with Crippen LogP contribution in [0.1, 0.15) is 33.3 Å². The van der Waals surface area contributed by atoms with Crippen LogP contribution in [-0.4, -0.2) is 70.2 Å². The summed E-state index contributed by atoms with van der Waals surface area (Å²) in [5, 5.41) is 5.64. The molecule has 1 saturated heterocycles. The number of aryl methyl sites for hydroxylation is 1. The fourth-order valence-electron chi connectivity index (χ4n) is 3.18. The van der Waals surface area contributed by atoms with E-state index in [2.05, 4.69) is 39.4 Å². The fraction of sp³-hybridized carbons (Fsp3) is 0.632. The van der Waals surface area contributed by atoms with Crippen molar-refractivity contribution in [1.29, 1.82) is 0 Å². The molecule has 7 nitrogen and oxygen atoms in total. The van der Waals surface area contributed by atoms with Gasteiger partial charge in [0.15, 0.2) is 0 Å². The molecule has 0 spiro atoms. The van der Waals surface area contributed by atoms with Crippen LogP contribution in [0.5, 0.6) is 0 Å². The zero-order valence-corrected chi connectivity index (χ0v) is 17.6. The molecule has 0 saturated carbocycles. The van der Waals surface area contributed by atoms with E-state index < -0.39 is 5.60 Å². The van der Waals surface area contributed by atoms with E-state index in [9.17, 15) is 4.79 Å². The van der Waals surface area contributed by atoms with Crippen LogP contribution in [0.25, 0.3) is 10.2 Å². The molecule has 3 heterocycles. The van der Waals surface area contributed by atoms with Crippen LogP contribution >= 0.6 is 11.3 Å². The van der Waals surface area contributed by atoms with E-state index in [0.29, 0.717) is 13.1 Å². The van der Waals surface area contributed by atoms with Crippen LogP contribution in [0.3, 0.4) is 0 Å². The zero-order chi connectivity index (χ0) is 19.6. The fourth-order valence-corrected chi connectivity index (χ4v) is 4.13. The standard InChI is InChI=1S/C19H29N5O2S/c1-13-11-27-16-15(13)20-12-21-17(16)22-14(2)10-23-6-8-24(9-7-23)18(25)26-19(3,4)5/h11-12,14H,6-10H2,1-5H3,(H,20,21,22)/t14-/m0/s1. The van der Waals surface area contributed by atoms with Gasteiger partial charge in [0.25, 0.3) is 0 Å². The van der Waals surface area contributed by atoms with Gasteiger partial charge in [0.1, 0.15) is 17.7 Å². The van der Waals surface area contributed by atoms with Crippen molar-refractivity contribution in [3.63, 3.8) is 0 Å². The van der Waals surface area contributed by atoms with Gasteiger partial charge in [-0.1, -0.05) is 0 Å². The summed E-state index contributed by atoms with van der Waals surface area (Å²) in [4.78, 5) is 25.1. The minimum absolute atomic E-state index is 0.218. The SMILES string of the molecule is Cc1csc2c(N[C@@H](C)CN3CCN(C(=O)OC(C)(C)C)CC3)ncnc12. The lowest BCUT2D eigenvalue weighted by Gasteiger charge is -2.36. The smallest absolute Gasteiger partial charge is 0.410 e. The first kappa shape index (κ1) is 19.8. The highest BCUT2D eigenvalue weighted by Gasteiger charge is 2.26. The van der Waals surface area contributed by atoms with Gasteiger partial charge in [-0.2, -0.15) is 0 Å². The molecule has 0 aliphatic carbocycles. The molecule has 0 unspecified atom stereocenters. The summed E-state index contributed by atoms with van der Waals surface area (Å²) < 4.78 is 6.57. The third-order valence-electron chi connectivity index (χ3n) is 4.47. The number of fused-ring (bicyclic) bond motifs is 1. The number of piperazine rings is 1. The molecule has 2 aromatic heterocycles. The van der Waals surface area contributed by atoms with Crippen LogP contribution in [0.2, 0.25) is 0 Å². The van der Waals surface area contributed by atoms with Gasteiger partial charge >= 0.3 is 6.09 Å². The van der Waals surface area contributed by atoms with Gasteiger partial charge in [0, 0.05) is 38.8 Å². The summed E-state index contributed by atoms with van der Waals surface area (Å²) in [5.41, 5.74) is 1.76. The quantitative estimate of drug-likeness (QED) is 0.862. The second-order valence-corrected chi connectivity index (χ2v) is 9.01. The first-order valence-electron chi connectivity index (χ1n) is 9.38. The number of amides is 1. The average molecular weight is 392 g/mol. The minimum Gasteiger partial charge on any atom is -0.444 e. The third-order valence-corrected chi connectivity index (χ3v) is 5.56. The molecule has 8 heteroatoms. The second kappa shape index (κ2) is 7.98. The van der Waals surface area contributed by atoms with Crippen molar-refractivity contribution in [2.24, 2.45) is 0 Å². The van der Waals surface area contributed by atoms with Gasteiger partial charge < -0.3 is 15.0 Å². The molecule has 148 valence electrons. The molecule has 1 N–H and O–H groups in total. The molecule has 0 aromatic carbocycles. The molecule has 1 amide bonds. The number of hydrogen-bond donors (Lipinski definition) is 1. The number of thiophene rings is 1. The van der Waals surface area contributed by atoms with E-state index in [0.717, 1.165) is 35.7 Å². The predicted molar refractivity (Wildman–Crippen MR) is 109 cm³/mol. The van der Waals surface area contributed by atoms with Crippen molar-refractivity contribution >= 4 is 33.5 Å². The van der Waals surface area contributed by atoms with E-state index >= 15 is 0 Å². The van der Waals surface area contributed by atoms with Gasteiger partial charge in [-0.3, -0.25) is 4.90 Å². The van der Waals surface area contributed by atoms with Gasteiger partial charge in [-0.15, -0.1) is 11.3 Å². The van der Waals surface area contributed by atoms with E-state index in [1.54, 1.807) is 22.6 Å². The Bertz CT molecular complexity index is 793. The Balaban J connectivity index is 1.51. The van der Waals surface area contributed by atoms with E-state index in [4.69, 9.17) is 4.74 Å². The van der Waals surface area contributed by atoms with Crippen LogP contribution in [0.4, 0.5) is 10.6 Å².